The average molecular weight is 345 g/mol. The van der Waals surface area contributed by atoms with E-state index in [1.54, 1.807) is 26.4 Å². The number of piperazine rings is 1. The predicted molar refractivity (Wildman–Crippen MR) is 96.1 cm³/mol. The Hall–Kier alpha value is -2.77. The van der Waals surface area contributed by atoms with Gasteiger partial charge in [-0.3, -0.25) is 4.79 Å². The second-order valence-corrected chi connectivity index (χ2v) is 6.24. The third kappa shape index (κ3) is 3.11. The molecule has 0 spiro atoms. The lowest BCUT2D eigenvalue weighted by molar-refractivity contribution is -0.132. The molecule has 1 fully saturated rings. The molecule has 1 amide bonds. The van der Waals surface area contributed by atoms with Crippen molar-refractivity contribution in [2.24, 2.45) is 0 Å². The highest BCUT2D eigenvalue weighted by molar-refractivity contribution is 5.92. The number of amides is 1. The summed E-state index contributed by atoms with van der Waals surface area (Å²) in [6.45, 7) is 5.58. The van der Waals surface area contributed by atoms with E-state index in [1.807, 2.05) is 23.6 Å². The zero-order valence-electron chi connectivity index (χ0n) is 14.9. The van der Waals surface area contributed by atoms with Crippen LogP contribution in [0.25, 0.3) is 10.9 Å². The minimum absolute atomic E-state index is 0.0656. The number of rotatable bonds is 4. The zero-order valence-corrected chi connectivity index (χ0v) is 14.9. The molecule has 0 atom stereocenters. The third-order valence-electron chi connectivity index (χ3n) is 4.38. The van der Waals surface area contributed by atoms with Crippen molar-refractivity contribution in [2.75, 3.05) is 44.5 Å². The Labute approximate surface area is 146 Å². The minimum atomic E-state index is 0.0656. The first-order valence-electron chi connectivity index (χ1n) is 8.18. The monoisotopic (exact) mass is 345 g/mol. The number of aromatic nitrogens is 2. The van der Waals surface area contributed by atoms with Gasteiger partial charge < -0.3 is 25.0 Å². The van der Waals surface area contributed by atoms with Crippen LogP contribution >= 0.6 is 0 Å². The molecule has 8 nitrogen and oxygen atoms in total. The summed E-state index contributed by atoms with van der Waals surface area (Å²) in [5.74, 6) is 2.00. The van der Waals surface area contributed by atoms with Crippen LogP contribution in [0, 0.1) is 0 Å². The fourth-order valence-corrected chi connectivity index (χ4v) is 3.01. The van der Waals surface area contributed by atoms with Crippen molar-refractivity contribution in [3.63, 3.8) is 0 Å². The van der Waals surface area contributed by atoms with E-state index < -0.39 is 0 Å². The first kappa shape index (κ1) is 17.1. The molecule has 0 bridgehead atoms. The lowest BCUT2D eigenvalue weighted by atomic mass is 10.2. The molecule has 2 aromatic rings. The Morgan fingerprint density at radius 3 is 2.40 bits per heavy atom. The van der Waals surface area contributed by atoms with Gasteiger partial charge in [0.15, 0.2) is 11.5 Å². The van der Waals surface area contributed by atoms with Crippen LogP contribution in [0.5, 0.6) is 11.5 Å². The van der Waals surface area contributed by atoms with Gasteiger partial charge in [-0.25, -0.2) is 4.98 Å². The number of hydrogen-bond donors (Lipinski definition) is 1. The summed E-state index contributed by atoms with van der Waals surface area (Å²) >= 11 is 0. The van der Waals surface area contributed by atoms with Gasteiger partial charge in [0.2, 0.25) is 11.9 Å². The predicted octanol–water partition coefficient (Wildman–Crippen LogP) is 1.29. The SMILES string of the molecule is COc1cc2nc(N3CCN(C(C)C)C(=O)C3)nc(N)c2cc1OC. The van der Waals surface area contributed by atoms with Crippen LogP contribution in [0.1, 0.15) is 13.8 Å². The molecule has 0 aliphatic carbocycles. The number of hydrogen-bond acceptors (Lipinski definition) is 7. The van der Waals surface area contributed by atoms with E-state index >= 15 is 0 Å². The lowest BCUT2D eigenvalue weighted by Gasteiger charge is -2.36. The van der Waals surface area contributed by atoms with E-state index in [4.69, 9.17) is 15.2 Å². The molecule has 0 unspecified atom stereocenters. The topological polar surface area (TPSA) is 93.8 Å². The molecule has 8 heteroatoms. The fraction of sp³-hybridized carbons (Fsp3) is 0.471. The van der Waals surface area contributed by atoms with Gasteiger partial charge in [-0.1, -0.05) is 0 Å². The average Bonchev–Trinajstić information content (AvgIpc) is 2.60. The molecule has 2 heterocycles. The standard InChI is InChI=1S/C17H23N5O3/c1-10(2)22-6-5-21(9-15(22)23)17-19-12-8-14(25-4)13(24-3)7-11(12)16(18)20-17/h7-8,10H,5-6,9H2,1-4H3,(H2,18,19,20). The first-order chi connectivity index (χ1) is 11.9. The highest BCUT2D eigenvalue weighted by Gasteiger charge is 2.27. The van der Waals surface area contributed by atoms with Crippen LogP contribution < -0.4 is 20.1 Å². The number of methoxy groups -OCH3 is 2. The van der Waals surface area contributed by atoms with Crippen molar-refractivity contribution in [2.45, 2.75) is 19.9 Å². The summed E-state index contributed by atoms with van der Waals surface area (Å²) in [6.07, 6.45) is 0. The van der Waals surface area contributed by atoms with Crippen LogP contribution in [0.15, 0.2) is 12.1 Å². The number of nitrogens with two attached hydrogens (primary N) is 1. The highest BCUT2D eigenvalue weighted by Crippen LogP contribution is 2.34. The van der Waals surface area contributed by atoms with Crippen LogP contribution in [-0.2, 0) is 4.79 Å². The maximum absolute atomic E-state index is 12.3. The number of nitrogens with zero attached hydrogens (tertiary/aromatic N) is 4. The molecule has 1 aliphatic heterocycles. The Morgan fingerprint density at radius 1 is 1.12 bits per heavy atom. The van der Waals surface area contributed by atoms with Crippen LogP contribution in [0.4, 0.5) is 11.8 Å². The Balaban J connectivity index is 1.97. The minimum Gasteiger partial charge on any atom is -0.493 e. The molecule has 0 saturated carbocycles. The molecule has 0 radical (unpaired) electrons. The van der Waals surface area contributed by atoms with Crippen LogP contribution in [-0.4, -0.2) is 60.7 Å². The second-order valence-electron chi connectivity index (χ2n) is 6.24. The lowest BCUT2D eigenvalue weighted by Crippen LogP contribution is -2.53. The van der Waals surface area contributed by atoms with Crippen molar-refractivity contribution in [3.8, 4) is 11.5 Å². The van der Waals surface area contributed by atoms with Crippen LogP contribution in [0.3, 0.4) is 0 Å². The Kier molecular flexibility index (Phi) is 4.52. The molecular weight excluding hydrogens is 322 g/mol. The number of fused-ring (bicyclic) bond motifs is 1. The number of nitrogen functional groups attached to an aromatic ring is 1. The molecule has 134 valence electrons. The van der Waals surface area contributed by atoms with Gasteiger partial charge in [0.25, 0.3) is 0 Å². The number of carbonyl (C=O) groups excluding carboxylic acids is 1. The Morgan fingerprint density at radius 2 is 1.80 bits per heavy atom. The molecule has 3 rings (SSSR count). The quantitative estimate of drug-likeness (QED) is 0.892. The number of ether oxygens (including phenoxy) is 2. The maximum atomic E-state index is 12.3. The third-order valence-corrected chi connectivity index (χ3v) is 4.38. The normalized spacial score (nSPS) is 15.2. The van der Waals surface area contributed by atoms with Crippen molar-refractivity contribution in [3.05, 3.63) is 12.1 Å². The summed E-state index contributed by atoms with van der Waals surface area (Å²) in [4.78, 5) is 25.0. The largest absolute Gasteiger partial charge is 0.493 e. The molecule has 25 heavy (non-hydrogen) atoms. The zero-order chi connectivity index (χ0) is 18.1. The van der Waals surface area contributed by atoms with Crippen molar-refractivity contribution in [1.29, 1.82) is 0 Å². The van der Waals surface area contributed by atoms with E-state index in [9.17, 15) is 4.79 Å². The summed E-state index contributed by atoms with van der Waals surface area (Å²) < 4.78 is 10.6. The van der Waals surface area contributed by atoms with Crippen molar-refractivity contribution < 1.29 is 14.3 Å². The van der Waals surface area contributed by atoms with Gasteiger partial charge in [0, 0.05) is 30.6 Å². The maximum Gasteiger partial charge on any atom is 0.242 e. The van der Waals surface area contributed by atoms with E-state index in [-0.39, 0.29) is 18.5 Å². The second kappa shape index (κ2) is 6.62. The Bertz CT molecular complexity index is 808. The summed E-state index contributed by atoms with van der Waals surface area (Å²) in [6, 6.07) is 3.71. The van der Waals surface area contributed by atoms with E-state index in [0.717, 1.165) is 0 Å². The van der Waals surface area contributed by atoms with Gasteiger partial charge in [0.05, 0.1) is 19.7 Å². The summed E-state index contributed by atoms with van der Waals surface area (Å²) in [5, 5.41) is 0.688. The van der Waals surface area contributed by atoms with Crippen molar-refractivity contribution in [1.82, 2.24) is 14.9 Å². The summed E-state index contributed by atoms with van der Waals surface area (Å²) in [5.41, 5.74) is 6.77. The number of benzene rings is 1. The fourth-order valence-electron chi connectivity index (χ4n) is 3.01. The number of anilines is 2. The van der Waals surface area contributed by atoms with E-state index in [2.05, 4.69) is 9.97 Å². The van der Waals surface area contributed by atoms with E-state index in [1.165, 1.54) is 0 Å². The molecule has 1 aromatic heterocycles. The van der Waals surface area contributed by atoms with Gasteiger partial charge in [-0.05, 0) is 19.9 Å². The van der Waals surface area contributed by atoms with Crippen molar-refractivity contribution >= 4 is 28.6 Å². The van der Waals surface area contributed by atoms with Gasteiger partial charge in [-0.2, -0.15) is 4.98 Å². The summed E-state index contributed by atoms with van der Waals surface area (Å²) in [7, 11) is 3.13. The molecule has 2 N–H and O–H groups in total. The molecular formula is C17H23N5O3. The smallest absolute Gasteiger partial charge is 0.242 e. The molecule has 1 saturated heterocycles. The van der Waals surface area contributed by atoms with Crippen LogP contribution in [0.2, 0.25) is 0 Å². The molecule has 1 aliphatic rings. The number of carbonyl (C=O) groups is 1. The van der Waals surface area contributed by atoms with Gasteiger partial charge in [-0.15, -0.1) is 0 Å². The van der Waals surface area contributed by atoms with Gasteiger partial charge >= 0.3 is 0 Å². The highest BCUT2D eigenvalue weighted by atomic mass is 16.5. The van der Waals surface area contributed by atoms with E-state index in [0.29, 0.717) is 47.3 Å². The molecule has 1 aromatic carbocycles. The first-order valence-corrected chi connectivity index (χ1v) is 8.18. The van der Waals surface area contributed by atoms with Gasteiger partial charge in [0.1, 0.15) is 12.4 Å².